The van der Waals surface area contributed by atoms with Gasteiger partial charge < -0.3 is 10.2 Å². The Balaban J connectivity index is 1.85. The Bertz CT molecular complexity index is 381. The van der Waals surface area contributed by atoms with Gasteiger partial charge in [0.05, 0.1) is 0 Å². The average Bonchev–Trinajstić information content (AvgIpc) is 2.92. The topological polar surface area (TPSA) is 32.3 Å². The predicted octanol–water partition coefficient (Wildman–Crippen LogP) is 3.22. The standard InChI is InChI=1S/C14H22N2OS/c1-14(2,12-7-6-10-18-12)11-15-13(17)16-8-4-3-5-9-16/h6-7,10H,3-5,8-9,11H2,1-2H3,(H,15,17). The lowest BCUT2D eigenvalue weighted by Crippen LogP contribution is -2.46. The van der Waals surface area contributed by atoms with Crippen molar-refractivity contribution in [2.24, 2.45) is 0 Å². The molecular weight excluding hydrogens is 244 g/mol. The third-order valence-corrected chi connectivity index (χ3v) is 4.75. The van der Waals surface area contributed by atoms with Gasteiger partial charge in [-0.2, -0.15) is 0 Å². The smallest absolute Gasteiger partial charge is 0.317 e. The van der Waals surface area contributed by atoms with Crippen molar-refractivity contribution in [3.05, 3.63) is 22.4 Å². The Kier molecular flexibility index (Phi) is 4.27. The SMILES string of the molecule is CC(C)(CNC(=O)N1CCCCC1)c1cccs1. The van der Waals surface area contributed by atoms with Gasteiger partial charge in [0, 0.05) is 29.9 Å². The summed E-state index contributed by atoms with van der Waals surface area (Å²) in [4.78, 5) is 15.3. The quantitative estimate of drug-likeness (QED) is 0.895. The summed E-state index contributed by atoms with van der Waals surface area (Å²) >= 11 is 1.75. The van der Waals surface area contributed by atoms with Crippen LogP contribution in [0.25, 0.3) is 0 Å². The molecule has 0 aliphatic carbocycles. The number of amides is 2. The summed E-state index contributed by atoms with van der Waals surface area (Å²) in [5.74, 6) is 0. The van der Waals surface area contributed by atoms with E-state index in [1.807, 2.05) is 4.90 Å². The molecule has 1 aromatic rings. The van der Waals surface area contributed by atoms with E-state index >= 15 is 0 Å². The number of carbonyl (C=O) groups excluding carboxylic acids is 1. The molecule has 1 aliphatic heterocycles. The number of urea groups is 1. The maximum atomic E-state index is 12.0. The van der Waals surface area contributed by atoms with Crippen LogP contribution < -0.4 is 5.32 Å². The van der Waals surface area contributed by atoms with Crippen LogP contribution in [-0.4, -0.2) is 30.6 Å². The molecule has 100 valence electrons. The molecule has 1 fully saturated rings. The van der Waals surface area contributed by atoms with Crippen molar-refractivity contribution in [3.63, 3.8) is 0 Å². The fraction of sp³-hybridized carbons (Fsp3) is 0.643. The van der Waals surface area contributed by atoms with E-state index in [9.17, 15) is 4.79 Å². The van der Waals surface area contributed by atoms with Gasteiger partial charge in [-0.3, -0.25) is 0 Å². The van der Waals surface area contributed by atoms with Crippen molar-refractivity contribution in [2.45, 2.75) is 38.5 Å². The van der Waals surface area contributed by atoms with E-state index in [1.165, 1.54) is 11.3 Å². The number of hydrogen-bond acceptors (Lipinski definition) is 2. The summed E-state index contributed by atoms with van der Waals surface area (Å²) in [5.41, 5.74) is 0.0135. The van der Waals surface area contributed by atoms with Gasteiger partial charge >= 0.3 is 6.03 Å². The molecule has 1 N–H and O–H groups in total. The van der Waals surface area contributed by atoms with Crippen LogP contribution in [0.4, 0.5) is 4.79 Å². The molecule has 1 aromatic heterocycles. The van der Waals surface area contributed by atoms with E-state index in [-0.39, 0.29) is 11.4 Å². The summed E-state index contributed by atoms with van der Waals surface area (Å²) in [7, 11) is 0. The molecule has 0 bridgehead atoms. The maximum absolute atomic E-state index is 12.0. The second-order valence-electron chi connectivity index (χ2n) is 5.57. The van der Waals surface area contributed by atoms with Crippen LogP contribution in [0, 0.1) is 0 Å². The zero-order valence-corrected chi connectivity index (χ0v) is 12.1. The number of hydrogen-bond donors (Lipinski definition) is 1. The van der Waals surface area contributed by atoms with E-state index in [0.29, 0.717) is 6.54 Å². The molecule has 0 atom stereocenters. The number of nitrogens with one attached hydrogen (secondary N) is 1. The Morgan fingerprint density at radius 1 is 1.39 bits per heavy atom. The molecular formula is C14H22N2OS. The highest BCUT2D eigenvalue weighted by molar-refractivity contribution is 7.10. The molecule has 2 amide bonds. The third-order valence-electron chi connectivity index (χ3n) is 3.51. The summed E-state index contributed by atoms with van der Waals surface area (Å²) in [6.07, 6.45) is 3.54. The van der Waals surface area contributed by atoms with Crippen molar-refractivity contribution in [1.82, 2.24) is 10.2 Å². The summed E-state index contributed by atoms with van der Waals surface area (Å²) in [6, 6.07) is 4.30. The number of rotatable bonds is 3. The zero-order chi connectivity index (χ0) is 13.0. The molecule has 2 heterocycles. The molecule has 1 saturated heterocycles. The second kappa shape index (κ2) is 5.74. The first-order valence-electron chi connectivity index (χ1n) is 6.66. The van der Waals surface area contributed by atoms with Crippen molar-refractivity contribution in [2.75, 3.05) is 19.6 Å². The van der Waals surface area contributed by atoms with Crippen LogP contribution in [0.1, 0.15) is 38.0 Å². The molecule has 18 heavy (non-hydrogen) atoms. The van der Waals surface area contributed by atoms with Gasteiger partial charge in [-0.25, -0.2) is 4.79 Å². The molecule has 1 aliphatic rings. The zero-order valence-electron chi connectivity index (χ0n) is 11.2. The fourth-order valence-corrected chi connectivity index (χ4v) is 3.11. The highest BCUT2D eigenvalue weighted by Crippen LogP contribution is 2.26. The second-order valence-corrected chi connectivity index (χ2v) is 6.52. The minimum absolute atomic E-state index is 0.0135. The van der Waals surface area contributed by atoms with E-state index < -0.39 is 0 Å². The first-order chi connectivity index (χ1) is 8.59. The first-order valence-corrected chi connectivity index (χ1v) is 7.54. The van der Waals surface area contributed by atoms with Crippen LogP contribution in [0.2, 0.25) is 0 Å². The molecule has 0 saturated carbocycles. The van der Waals surface area contributed by atoms with Gasteiger partial charge in [0.25, 0.3) is 0 Å². The van der Waals surface area contributed by atoms with Crippen molar-refractivity contribution in [1.29, 1.82) is 0 Å². The Morgan fingerprint density at radius 2 is 2.11 bits per heavy atom. The molecule has 4 heteroatoms. The van der Waals surface area contributed by atoms with Crippen LogP contribution in [0.5, 0.6) is 0 Å². The van der Waals surface area contributed by atoms with Gasteiger partial charge in [-0.15, -0.1) is 11.3 Å². The Hall–Kier alpha value is -1.03. The van der Waals surface area contributed by atoms with Gasteiger partial charge in [0.15, 0.2) is 0 Å². The van der Waals surface area contributed by atoms with Crippen LogP contribution >= 0.6 is 11.3 Å². The molecule has 0 unspecified atom stereocenters. The summed E-state index contributed by atoms with van der Waals surface area (Å²) in [5, 5.41) is 5.16. The number of likely N-dealkylation sites (tertiary alicyclic amines) is 1. The number of carbonyl (C=O) groups is 1. The van der Waals surface area contributed by atoms with Crippen molar-refractivity contribution < 1.29 is 4.79 Å². The monoisotopic (exact) mass is 266 g/mol. The van der Waals surface area contributed by atoms with Crippen LogP contribution in [0.3, 0.4) is 0 Å². The maximum Gasteiger partial charge on any atom is 0.317 e. The predicted molar refractivity (Wildman–Crippen MR) is 76.2 cm³/mol. The molecule has 0 radical (unpaired) electrons. The lowest BCUT2D eigenvalue weighted by Gasteiger charge is -2.29. The largest absolute Gasteiger partial charge is 0.337 e. The van der Waals surface area contributed by atoms with Gasteiger partial charge in [-0.1, -0.05) is 19.9 Å². The van der Waals surface area contributed by atoms with E-state index in [1.54, 1.807) is 11.3 Å². The lowest BCUT2D eigenvalue weighted by atomic mass is 9.91. The number of thiophene rings is 1. The first kappa shape index (κ1) is 13.4. The molecule has 3 nitrogen and oxygen atoms in total. The number of nitrogens with zero attached hydrogens (tertiary/aromatic N) is 1. The Morgan fingerprint density at radius 3 is 2.72 bits per heavy atom. The normalized spacial score (nSPS) is 16.7. The minimum Gasteiger partial charge on any atom is -0.337 e. The fourth-order valence-electron chi connectivity index (χ4n) is 2.26. The van der Waals surface area contributed by atoms with E-state index in [2.05, 4.69) is 36.7 Å². The van der Waals surface area contributed by atoms with Crippen LogP contribution in [0.15, 0.2) is 17.5 Å². The van der Waals surface area contributed by atoms with Gasteiger partial charge in [0.1, 0.15) is 0 Å². The van der Waals surface area contributed by atoms with E-state index in [4.69, 9.17) is 0 Å². The summed E-state index contributed by atoms with van der Waals surface area (Å²) in [6.45, 7) is 6.87. The highest BCUT2D eigenvalue weighted by atomic mass is 32.1. The Labute approximate surface area is 113 Å². The van der Waals surface area contributed by atoms with Crippen molar-refractivity contribution >= 4 is 17.4 Å². The lowest BCUT2D eigenvalue weighted by molar-refractivity contribution is 0.184. The molecule has 2 rings (SSSR count). The number of piperidine rings is 1. The average molecular weight is 266 g/mol. The van der Waals surface area contributed by atoms with Gasteiger partial charge in [-0.05, 0) is 30.7 Å². The van der Waals surface area contributed by atoms with Crippen LogP contribution in [-0.2, 0) is 5.41 Å². The third kappa shape index (κ3) is 3.25. The van der Waals surface area contributed by atoms with Crippen molar-refractivity contribution in [3.8, 4) is 0 Å². The van der Waals surface area contributed by atoms with Gasteiger partial charge in [0.2, 0.25) is 0 Å². The summed E-state index contributed by atoms with van der Waals surface area (Å²) < 4.78 is 0. The van der Waals surface area contributed by atoms with E-state index in [0.717, 1.165) is 25.9 Å². The highest BCUT2D eigenvalue weighted by Gasteiger charge is 2.24. The molecule has 0 aromatic carbocycles. The minimum atomic E-state index is 0.0135. The molecule has 0 spiro atoms.